The fourth-order valence-electron chi connectivity index (χ4n) is 3.58. The summed E-state index contributed by atoms with van der Waals surface area (Å²) in [6.45, 7) is 2.04. The summed E-state index contributed by atoms with van der Waals surface area (Å²) in [6, 6.07) is 12.5. The lowest BCUT2D eigenvalue weighted by Crippen LogP contribution is -2.45. The van der Waals surface area contributed by atoms with Crippen LogP contribution in [0.5, 0.6) is 0 Å². The number of aromatic nitrogens is 2. The van der Waals surface area contributed by atoms with Gasteiger partial charge in [-0.1, -0.05) is 23.4 Å². The van der Waals surface area contributed by atoms with E-state index >= 15 is 0 Å². The minimum atomic E-state index is -0.646. The predicted molar refractivity (Wildman–Crippen MR) is 112 cm³/mol. The average molecular weight is 436 g/mol. The highest BCUT2D eigenvalue weighted by atomic mass is 32.1. The molecule has 1 aliphatic heterocycles. The highest BCUT2D eigenvalue weighted by molar-refractivity contribution is 7.13. The van der Waals surface area contributed by atoms with Gasteiger partial charge in [0.05, 0.1) is 29.3 Å². The summed E-state index contributed by atoms with van der Waals surface area (Å²) in [7, 11) is 0. The Kier molecular flexibility index (Phi) is 4.87. The summed E-state index contributed by atoms with van der Waals surface area (Å²) in [5.41, 5.74) is 1.80. The summed E-state index contributed by atoms with van der Waals surface area (Å²) in [5, 5.41) is 8.97. The largest absolute Gasteiger partial charge is 0.467 e. The predicted octanol–water partition coefficient (Wildman–Crippen LogP) is 5.23. The molecule has 0 saturated heterocycles. The Morgan fingerprint density at radius 2 is 2.13 bits per heavy atom. The number of thiophene rings is 1. The zero-order valence-electron chi connectivity index (χ0n) is 16.4. The normalized spacial score (nSPS) is 16.6. The Hall–Kier alpha value is -3.72. The lowest BCUT2D eigenvalue weighted by Gasteiger charge is -2.34. The Bertz CT molecular complexity index is 1250. The molecule has 3 aromatic heterocycles. The molecule has 1 unspecified atom stereocenters. The van der Waals surface area contributed by atoms with E-state index in [-0.39, 0.29) is 18.5 Å². The second-order valence-corrected chi connectivity index (χ2v) is 7.95. The Morgan fingerprint density at radius 3 is 2.87 bits per heavy atom. The molecular weight excluding hydrogens is 419 g/mol. The number of hydrogen-bond donors (Lipinski definition) is 1. The third-order valence-electron chi connectivity index (χ3n) is 5.07. The second-order valence-electron chi connectivity index (χ2n) is 7.00. The van der Waals surface area contributed by atoms with Crippen molar-refractivity contribution in [3.05, 3.63) is 88.9 Å². The van der Waals surface area contributed by atoms with Gasteiger partial charge in [-0.05, 0) is 48.2 Å². The van der Waals surface area contributed by atoms with Crippen molar-refractivity contribution in [2.75, 3.05) is 0 Å². The quantitative estimate of drug-likeness (QED) is 0.463. The fourth-order valence-corrected chi connectivity index (χ4v) is 4.23. The minimum Gasteiger partial charge on any atom is -0.467 e. The van der Waals surface area contributed by atoms with Crippen molar-refractivity contribution in [3.63, 3.8) is 0 Å². The number of carbonyl (C=O) groups is 1. The molecule has 0 spiro atoms. The van der Waals surface area contributed by atoms with E-state index in [1.54, 1.807) is 42.4 Å². The first-order chi connectivity index (χ1) is 15.1. The van der Waals surface area contributed by atoms with Crippen LogP contribution in [0, 0.1) is 5.82 Å². The average Bonchev–Trinajstić information content (AvgIpc) is 3.53. The summed E-state index contributed by atoms with van der Waals surface area (Å²) in [5.74, 6) is 0.951. The van der Waals surface area contributed by atoms with Crippen molar-refractivity contribution in [1.29, 1.82) is 0 Å². The van der Waals surface area contributed by atoms with Crippen LogP contribution in [0.4, 0.5) is 9.18 Å². The third kappa shape index (κ3) is 3.64. The van der Waals surface area contributed by atoms with E-state index in [1.165, 1.54) is 23.5 Å². The molecule has 4 aromatic rings. The molecule has 1 atom stereocenters. The Morgan fingerprint density at radius 1 is 1.23 bits per heavy atom. The monoisotopic (exact) mass is 436 g/mol. The number of urea groups is 1. The molecule has 0 fully saturated rings. The number of benzene rings is 1. The van der Waals surface area contributed by atoms with Crippen molar-refractivity contribution in [2.24, 2.45) is 0 Å². The molecule has 2 amide bonds. The molecule has 0 bridgehead atoms. The lowest BCUT2D eigenvalue weighted by atomic mass is 9.94. The Balaban J connectivity index is 1.62. The number of nitrogens with one attached hydrogen (secondary N) is 1. The topological polar surface area (TPSA) is 84.4 Å². The molecule has 9 heteroatoms. The van der Waals surface area contributed by atoms with Crippen LogP contribution < -0.4 is 5.32 Å². The maximum Gasteiger partial charge on any atom is 0.322 e. The van der Waals surface area contributed by atoms with Crippen molar-refractivity contribution in [3.8, 4) is 10.7 Å². The molecule has 0 aliphatic carbocycles. The number of nitrogens with zero attached hydrogens (tertiary/aromatic N) is 3. The van der Waals surface area contributed by atoms with Crippen LogP contribution >= 0.6 is 11.3 Å². The van der Waals surface area contributed by atoms with Gasteiger partial charge in [0.25, 0.3) is 5.89 Å². The first-order valence-corrected chi connectivity index (χ1v) is 10.4. The van der Waals surface area contributed by atoms with Gasteiger partial charge in [0.2, 0.25) is 5.82 Å². The number of allylic oxidation sites excluding steroid dienone is 1. The highest BCUT2D eigenvalue weighted by Gasteiger charge is 2.36. The number of halogens is 1. The minimum absolute atomic E-state index is 0.232. The number of amides is 2. The zero-order valence-corrected chi connectivity index (χ0v) is 17.2. The molecule has 4 heterocycles. The van der Waals surface area contributed by atoms with E-state index in [1.807, 2.05) is 17.5 Å². The van der Waals surface area contributed by atoms with Gasteiger partial charge < -0.3 is 14.3 Å². The summed E-state index contributed by atoms with van der Waals surface area (Å²) >= 11 is 1.50. The van der Waals surface area contributed by atoms with E-state index < -0.39 is 11.9 Å². The van der Waals surface area contributed by atoms with Gasteiger partial charge in [-0.2, -0.15) is 4.98 Å². The van der Waals surface area contributed by atoms with Crippen LogP contribution in [0.15, 0.2) is 74.8 Å². The molecule has 5 rings (SSSR count). The van der Waals surface area contributed by atoms with E-state index in [0.717, 1.165) is 4.88 Å². The lowest BCUT2D eigenvalue weighted by molar-refractivity contribution is 0.199. The van der Waals surface area contributed by atoms with Gasteiger partial charge in [-0.15, -0.1) is 11.3 Å². The van der Waals surface area contributed by atoms with Crippen molar-refractivity contribution in [1.82, 2.24) is 20.4 Å². The third-order valence-corrected chi connectivity index (χ3v) is 5.94. The molecule has 1 N–H and O–H groups in total. The number of rotatable bonds is 5. The Labute approximate surface area is 180 Å². The van der Waals surface area contributed by atoms with E-state index in [2.05, 4.69) is 15.5 Å². The molecular formula is C22H17FN4O3S. The van der Waals surface area contributed by atoms with Crippen molar-refractivity contribution < 1.29 is 18.1 Å². The maximum absolute atomic E-state index is 14.0. The van der Waals surface area contributed by atoms with Crippen LogP contribution in [0.1, 0.15) is 30.2 Å². The summed E-state index contributed by atoms with van der Waals surface area (Å²) < 4.78 is 25.0. The van der Waals surface area contributed by atoms with E-state index in [0.29, 0.717) is 28.4 Å². The maximum atomic E-state index is 14.0. The van der Waals surface area contributed by atoms with Gasteiger partial charge >= 0.3 is 6.03 Å². The van der Waals surface area contributed by atoms with Crippen LogP contribution in [0.3, 0.4) is 0 Å². The highest BCUT2D eigenvalue weighted by Crippen LogP contribution is 2.38. The smallest absolute Gasteiger partial charge is 0.322 e. The molecule has 0 radical (unpaired) electrons. The van der Waals surface area contributed by atoms with Gasteiger partial charge in [-0.3, -0.25) is 4.90 Å². The van der Waals surface area contributed by atoms with Gasteiger partial charge in [0, 0.05) is 5.70 Å². The van der Waals surface area contributed by atoms with Gasteiger partial charge in [0.15, 0.2) is 0 Å². The first kappa shape index (κ1) is 19.3. The number of furan rings is 1. The van der Waals surface area contributed by atoms with Crippen LogP contribution in [-0.4, -0.2) is 21.1 Å². The molecule has 31 heavy (non-hydrogen) atoms. The molecule has 0 saturated carbocycles. The number of hydrogen-bond acceptors (Lipinski definition) is 6. The fraction of sp³-hybridized carbons (Fsp3) is 0.136. The first-order valence-electron chi connectivity index (χ1n) is 9.55. The van der Waals surface area contributed by atoms with E-state index in [4.69, 9.17) is 8.94 Å². The summed E-state index contributed by atoms with van der Waals surface area (Å²) in [6.07, 6.45) is 1.55. The van der Waals surface area contributed by atoms with Gasteiger partial charge in [0.1, 0.15) is 11.6 Å². The van der Waals surface area contributed by atoms with Gasteiger partial charge in [-0.25, -0.2) is 9.18 Å². The molecule has 1 aliphatic rings. The zero-order chi connectivity index (χ0) is 21.4. The van der Waals surface area contributed by atoms with Crippen LogP contribution in [0.25, 0.3) is 16.3 Å². The molecule has 7 nitrogen and oxygen atoms in total. The standard InChI is InChI=1S/C22H17FN4O3S/c1-13-18(21-25-20(26-30-21)17-8-4-10-31-17)19(14-5-2-6-15(23)11-14)24-22(28)27(13)12-16-7-3-9-29-16/h2-11,19H,12H2,1H3,(H,24,28). The van der Waals surface area contributed by atoms with Crippen LogP contribution in [0.2, 0.25) is 0 Å². The molecule has 156 valence electrons. The van der Waals surface area contributed by atoms with Crippen molar-refractivity contribution in [2.45, 2.75) is 19.5 Å². The second kappa shape index (κ2) is 7.84. The van der Waals surface area contributed by atoms with E-state index in [9.17, 15) is 9.18 Å². The SMILES string of the molecule is CC1=C(c2nc(-c3cccs3)no2)C(c2cccc(F)c2)NC(=O)N1Cc1ccco1. The van der Waals surface area contributed by atoms with Crippen LogP contribution in [-0.2, 0) is 6.54 Å². The summed E-state index contributed by atoms with van der Waals surface area (Å²) in [4.78, 5) is 19.9. The molecule has 1 aromatic carbocycles. The van der Waals surface area contributed by atoms with Crippen molar-refractivity contribution >= 4 is 22.9 Å². The number of carbonyl (C=O) groups excluding carboxylic acids is 1.